The maximum Gasteiger partial charge on any atom is 0.282 e. The molecule has 0 atom stereocenters. The van der Waals surface area contributed by atoms with E-state index in [4.69, 9.17) is 10.5 Å². The third kappa shape index (κ3) is 4.62. The van der Waals surface area contributed by atoms with Gasteiger partial charge in [0.05, 0.1) is 24.7 Å². The summed E-state index contributed by atoms with van der Waals surface area (Å²) in [6, 6.07) is 16.8. The predicted octanol–water partition coefficient (Wildman–Crippen LogP) is 4.07. The number of nitrogens with zero attached hydrogens (tertiary/aromatic N) is 4. The SMILES string of the molecule is Cc1nc(Oc2cc(C#N)ccc2-c2ccc(CCN)cc2)cc(N2CC(F)(F)C2)n1. The Morgan fingerprint density at radius 2 is 1.87 bits per heavy atom. The molecule has 0 bridgehead atoms. The van der Waals surface area contributed by atoms with E-state index in [2.05, 4.69) is 16.0 Å². The first-order valence-corrected chi connectivity index (χ1v) is 9.87. The molecular formula is C23H21F2N5O. The molecule has 0 aliphatic carbocycles. The maximum absolute atomic E-state index is 13.3. The van der Waals surface area contributed by atoms with Gasteiger partial charge in [0.1, 0.15) is 17.4 Å². The number of hydrogen-bond donors (Lipinski definition) is 1. The number of benzene rings is 2. The summed E-state index contributed by atoms with van der Waals surface area (Å²) < 4.78 is 32.6. The van der Waals surface area contributed by atoms with Crippen LogP contribution < -0.4 is 15.4 Å². The maximum atomic E-state index is 13.3. The van der Waals surface area contributed by atoms with Crippen molar-refractivity contribution in [1.29, 1.82) is 5.26 Å². The van der Waals surface area contributed by atoms with Gasteiger partial charge in [-0.05, 0) is 49.2 Å². The Balaban J connectivity index is 1.66. The molecule has 6 nitrogen and oxygen atoms in total. The third-order valence-corrected chi connectivity index (χ3v) is 4.99. The smallest absolute Gasteiger partial charge is 0.282 e. The normalized spacial score (nSPS) is 14.6. The van der Waals surface area contributed by atoms with E-state index in [-0.39, 0.29) is 19.0 Å². The van der Waals surface area contributed by atoms with E-state index in [1.165, 1.54) is 11.0 Å². The molecule has 158 valence electrons. The van der Waals surface area contributed by atoms with Crippen LogP contribution in [-0.2, 0) is 6.42 Å². The second-order valence-electron chi connectivity index (χ2n) is 7.48. The van der Waals surface area contributed by atoms with Gasteiger partial charge in [0.2, 0.25) is 5.88 Å². The summed E-state index contributed by atoms with van der Waals surface area (Å²) in [5.41, 5.74) is 8.88. The molecule has 1 aromatic heterocycles. The standard InChI is InChI=1S/C23H21F2N5O/c1-15-28-21(30-13-23(24,25)14-30)11-22(29-15)31-20-10-17(12-27)4-7-19(20)18-5-2-16(3-6-18)8-9-26/h2-7,10-11H,8-9,13-14,26H2,1H3. The number of nitrogens with two attached hydrogens (primary N) is 1. The van der Waals surface area contributed by atoms with Gasteiger partial charge in [0.25, 0.3) is 5.92 Å². The molecule has 8 heteroatoms. The first-order chi connectivity index (χ1) is 14.9. The Labute approximate surface area is 178 Å². The van der Waals surface area contributed by atoms with Crippen molar-refractivity contribution in [2.24, 2.45) is 5.73 Å². The largest absolute Gasteiger partial charge is 0.438 e. The van der Waals surface area contributed by atoms with Gasteiger partial charge in [-0.15, -0.1) is 0 Å². The molecule has 1 fully saturated rings. The third-order valence-electron chi connectivity index (χ3n) is 4.99. The number of hydrogen-bond acceptors (Lipinski definition) is 6. The highest BCUT2D eigenvalue weighted by molar-refractivity contribution is 5.72. The lowest BCUT2D eigenvalue weighted by Gasteiger charge is -2.39. The summed E-state index contributed by atoms with van der Waals surface area (Å²) in [5.74, 6) is -1.23. The van der Waals surface area contributed by atoms with Crippen molar-refractivity contribution in [2.45, 2.75) is 19.3 Å². The molecule has 1 aliphatic heterocycles. The molecular weight excluding hydrogens is 400 g/mol. The number of rotatable bonds is 6. The summed E-state index contributed by atoms with van der Waals surface area (Å²) in [7, 11) is 0. The highest BCUT2D eigenvalue weighted by atomic mass is 19.3. The highest BCUT2D eigenvalue weighted by Crippen LogP contribution is 2.36. The molecule has 4 rings (SSSR count). The van der Waals surface area contributed by atoms with E-state index in [0.717, 1.165) is 23.1 Å². The van der Waals surface area contributed by atoms with Crippen LogP contribution in [0.5, 0.6) is 11.6 Å². The Bertz CT molecular complexity index is 1130. The summed E-state index contributed by atoms with van der Waals surface area (Å²) in [6.07, 6.45) is 0.787. The topological polar surface area (TPSA) is 88.1 Å². The van der Waals surface area contributed by atoms with Gasteiger partial charge in [-0.3, -0.25) is 0 Å². The zero-order chi connectivity index (χ0) is 22.0. The molecule has 0 amide bonds. The molecule has 0 spiro atoms. The minimum absolute atomic E-state index is 0.230. The fraction of sp³-hybridized carbons (Fsp3) is 0.261. The van der Waals surface area contributed by atoms with Crippen molar-refractivity contribution < 1.29 is 13.5 Å². The van der Waals surface area contributed by atoms with Gasteiger partial charge in [-0.25, -0.2) is 13.8 Å². The van der Waals surface area contributed by atoms with Crippen LogP contribution in [0, 0.1) is 18.3 Å². The Kier molecular flexibility index (Phi) is 5.53. The van der Waals surface area contributed by atoms with Crippen molar-refractivity contribution in [2.75, 3.05) is 24.5 Å². The predicted molar refractivity (Wildman–Crippen MR) is 113 cm³/mol. The summed E-state index contributed by atoms with van der Waals surface area (Å²) in [4.78, 5) is 10.0. The lowest BCUT2D eigenvalue weighted by Crippen LogP contribution is -2.56. The molecule has 2 heterocycles. The van der Waals surface area contributed by atoms with Crippen LogP contribution in [0.1, 0.15) is 17.0 Å². The fourth-order valence-corrected chi connectivity index (χ4v) is 3.46. The zero-order valence-corrected chi connectivity index (χ0v) is 17.0. The van der Waals surface area contributed by atoms with Crippen molar-refractivity contribution in [3.63, 3.8) is 0 Å². The first-order valence-electron chi connectivity index (χ1n) is 9.87. The van der Waals surface area contributed by atoms with Crippen LogP contribution in [0.25, 0.3) is 11.1 Å². The van der Waals surface area contributed by atoms with Crippen molar-refractivity contribution in [3.8, 4) is 28.8 Å². The molecule has 0 unspecified atom stereocenters. The van der Waals surface area contributed by atoms with E-state index in [1.807, 2.05) is 30.3 Å². The van der Waals surface area contributed by atoms with Crippen molar-refractivity contribution in [1.82, 2.24) is 9.97 Å². The van der Waals surface area contributed by atoms with Crippen molar-refractivity contribution in [3.05, 3.63) is 65.5 Å². The number of aromatic nitrogens is 2. The summed E-state index contributed by atoms with van der Waals surface area (Å²) in [6.45, 7) is 1.49. The Morgan fingerprint density at radius 1 is 1.13 bits per heavy atom. The lowest BCUT2D eigenvalue weighted by atomic mass is 10.0. The van der Waals surface area contributed by atoms with Crippen LogP contribution in [0.3, 0.4) is 0 Å². The molecule has 2 N–H and O–H groups in total. The van der Waals surface area contributed by atoms with Crippen LogP contribution in [0.15, 0.2) is 48.5 Å². The minimum Gasteiger partial charge on any atom is -0.438 e. The fourth-order valence-electron chi connectivity index (χ4n) is 3.46. The van der Waals surface area contributed by atoms with Gasteiger partial charge in [0, 0.05) is 11.6 Å². The molecule has 31 heavy (non-hydrogen) atoms. The average molecular weight is 421 g/mol. The molecule has 3 aromatic rings. The van der Waals surface area contributed by atoms with Gasteiger partial charge in [-0.2, -0.15) is 10.2 Å². The number of nitriles is 1. The number of anilines is 1. The quantitative estimate of drug-likeness (QED) is 0.645. The number of aryl methyl sites for hydroxylation is 1. The monoisotopic (exact) mass is 421 g/mol. The van der Waals surface area contributed by atoms with Crippen molar-refractivity contribution >= 4 is 5.82 Å². The molecule has 0 radical (unpaired) electrons. The lowest BCUT2D eigenvalue weighted by molar-refractivity contribution is -0.0267. The first kappa shape index (κ1) is 20.7. The van der Waals surface area contributed by atoms with E-state index >= 15 is 0 Å². The molecule has 0 saturated carbocycles. The van der Waals surface area contributed by atoms with E-state index in [1.54, 1.807) is 19.1 Å². The van der Waals surface area contributed by atoms with Gasteiger partial charge >= 0.3 is 0 Å². The van der Waals surface area contributed by atoms with Crippen LogP contribution in [0.2, 0.25) is 0 Å². The van der Waals surface area contributed by atoms with Crippen LogP contribution in [0.4, 0.5) is 14.6 Å². The van der Waals surface area contributed by atoms with Gasteiger partial charge in [0.15, 0.2) is 0 Å². The number of halogens is 2. The Morgan fingerprint density at radius 3 is 2.52 bits per heavy atom. The van der Waals surface area contributed by atoms with Crippen LogP contribution >= 0.6 is 0 Å². The van der Waals surface area contributed by atoms with E-state index in [9.17, 15) is 14.0 Å². The van der Waals surface area contributed by atoms with E-state index in [0.29, 0.717) is 29.5 Å². The summed E-state index contributed by atoms with van der Waals surface area (Å²) >= 11 is 0. The average Bonchev–Trinajstić information content (AvgIpc) is 2.72. The molecule has 1 saturated heterocycles. The van der Waals surface area contributed by atoms with Gasteiger partial charge in [-0.1, -0.05) is 24.3 Å². The molecule has 2 aromatic carbocycles. The molecule has 1 aliphatic rings. The zero-order valence-electron chi connectivity index (χ0n) is 17.0. The highest BCUT2D eigenvalue weighted by Gasteiger charge is 2.44. The van der Waals surface area contributed by atoms with Gasteiger partial charge < -0.3 is 15.4 Å². The minimum atomic E-state index is -2.70. The van der Waals surface area contributed by atoms with Crippen LogP contribution in [-0.4, -0.2) is 35.5 Å². The number of ether oxygens (including phenoxy) is 1. The number of alkyl halides is 2. The van der Waals surface area contributed by atoms with E-state index < -0.39 is 5.92 Å². The second kappa shape index (κ2) is 8.28. The Hall–Kier alpha value is -3.57. The second-order valence-corrected chi connectivity index (χ2v) is 7.48. The summed E-state index contributed by atoms with van der Waals surface area (Å²) in [5, 5.41) is 9.31.